The molecule has 21 heavy (non-hydrogen) atoms. The van der Waals surface area contributed by atoms with Crippen LogP contribution in [0.5, 0.6) is 0 Å². The molecule has 118 valence electrons. The van der Waals surface area contributed by atoms with Gasteiger partial charge in [0.05, 0.1) is 10.6 Å². The van der Waals surface area contributed by atoms with Crippen LogP contribution < -0.4 is 5.32 Å². The van der Waals surface area contributed by atoms with Crippen molar-refractivity contribution in [3.8, 4) is 0 Å². The minimum Gasteiger partial charge on any atom is -0.370 e. The smallest absolute Gasteiger partial charge is 0.255 e. The first-order valence-corrected chi connectivity index (χ1v) is 7.95. The van der Waals surface area contributed by atoms with Crippen molar-refractivity contribution in [3.05, 3.63) is 22.8 Å². The Labute approximate surface area is 132 Å². The summed E-state index contributed by atoms with van der Waals surface area (Å²) in [6.45, 7) is 11.9. The largest absolute Gasteiger partial charge is 0.370 e. The Bertz CT molecular complexity index is 475. The van der Waals surface area contributed by atoms with E-state index in [2.05, 4.69) is 31.1 Å². The maximum Gasteiger partial charge on any atom is 0.255 e. The summed E-state index contributed by atoms with van der Waals surface area (Å²) in [5.74, 6) is 1.07. The predicted molar refractivity (Wildman–Crippen MR) is 89.0 cm³/mol. The first kappa shape index (κ1) is 17.8. The number of aromatic nitrogens is 1. The lowest BCUT2D eigenvalue weighted by Gasteiger charge is -2.29. The molecule has 1 aromatic heterocycles. The number of amides is 1. The third kappa shape index (κ3) is 5.20. The van der Waals surface area contributed by atoms with Gasteiger partial charge in [0.2, 0.25) is 0 Å². The van der Waals surface area contributed by atoms with E-state index < -0.39 is 0 Å². The van der Waals surface area contributed by atoms with E-state index in [0.29, 0.717) is 28.9 Å². The molecule has 1 heterocycles. The standard InChI is InChI=1S/C16H26ClN3O/c1-6-7-18-15-8-13(14(17)9-19-15)16(21)20(12(4)5)10-11(2)3/h8-9,11-12H,6-7,10H2,1-5H3,(H,18,19). The highest BCUT2D eigenvalue weighted by Gasteiger charge is 2.22. The lowest BCUT2D eigenvalue weighted by molar-refractivity contribution is 0.0682. The summed E-state index contributed by atoms with van der Waals surface area (Å²) in [6, 6.07) is 1.88. The minimum absolute atomic E-state index is 0.0364. The molecule has 0 aromatic carbocycles. The molecule has 0 fully saturated rings. The topological polar surface area (TPSA) is 45.2 Å². The van der Waals surface area contributed by atoms with Gasteiger partial charge in [0.15, 0.2) is 0 Å². The van der Waals surface area contributed by atoms with Crippen molar-refractivity contribution in [2.45, 2.75) is 47.1 Å². The van der Waals surface area contributed by atoms with Crippen molar-refractivity contribution < 1.29 is 4.79 Å². The number of anilines is 1. The average Bonchev–Trinajstić information content (AvgIpc) is 2.42. The Morgan fingerprint density at radius 2 is 2.05 bits per heavy atom. The molecule has 0 radical (unpaired) electrons. The molecule has 0 atom stereocenters. The molecular formula is C16H26ClN3O. The van der Waals surface area contributed by atoms with Crippen LogP contribution in [0, 0.1) is 5.92 Å². The van der Waals surface area contributed by atoms with Gasteiger partial charge in [0.1, 0.15) is 5.82 Å². The van der Waals surface area contributed by atoms with Gasteiger partial charge in [-0.25, -0.2) is 4.98 Å². The van der Waals surface area contributed by atoms with Crippen LogP contribution >= 0.6 is 11.6 Å². The Morgan fingerprint density at radius 3 is 2.57 bits per heavy atom. The quantitative estimate of drug-likeness (QED) is 0.825. The highest BCUT2D eigenvalue weighted by Crippen LogP contribution is 2.21. The molecule has 0 aliphatic carbocycles. The Morgan fingerprint density at radius 1 is 1.38 bits per heavy atom. The van der Waals surface area contributed by atoms with Crippen LogP contribution in [0.3, 0.4) is 0 Å². The van der Waals surface area contributed by atoms with Crippen LogP contribution in [-0.2, 0) is 0 Å². The van der Waals surface area contributed by atoms with Gasteiger partial charge in [0.25, 0.3) is 5.91 Å². The highest BCUT2D eigenvalue weighted by molar-refractivity contribution is 6.33. The zero-order valence-electron chi connectivity index (χ0n) is 13.6. The molecule has 0 saturated heterocycles. The molecule has 1 N–H and O–H groups in total. The molecule has 1 rings (SSSR count). The summed E-state index contributed by atoms with van der Waals surface area (Å²) in [5.41, 5.74) is 0.514. The molecule has 0 aliphatic heterocycles. The maximum absolute atomic E-state index is 12.8. The van der Waals surface area contributed by atoms with E-state index in [4.69, 9.17) is 11.6 Å². The molecule has 0 unspecified atom stereocenters. The lowest BCUT2D eigenvalue weighted by atomic mass is 10.1. The molecule has 0 bridgehead atoms. The molecule has 0 aliphatic rings. The fraction of sp³-hybridized carbons (Fsp3) is 0.625. The number of hydrogen-bond acceptors (Lipinski definition) is 3. The van der Waals surface area contributed by atoms with E-state index >= 15 is 0 Å². The first-order chi connectivity index (χ1) is 9.86. The summed E-state index contributed by atoms with van der Waals surface area (Å²) in [4.78, 5) is 18.8. The van der Waals surface area contributed by atoms with Gasteiger partial charge in [0, 0.05) is 25.3 Å². The Kier molecular flexibility index (Phi) is 6.96. The van der Waals surface area contributed by atoms with Gasteiger partial charge < -0.3 is 10.2 Å². The van der Waals surface area contributed by atoms with Gasteiger partial charge in [-0.15, -0.1) is 0 Å². The van der Waals surface area contributed by atoms with Gasteiger partial charge in [-0.2, -0.15) is 0 Å². The van der Waals surface area contributed by atoms with Crippen molar-refractivity contribution in [3.63, 3.8) is 0 Å². The second-order valence-corrected chi connectivity index (χ2v) is 6.33. The normalized spacial score (nSPS) is 11.0. The number of hydrogen-bond donors (Lipinski definition) is 1. The summed E-state index contributed by atoms with van der Waals surface area (Å²) < 4.78 is 0. The van der Waals surface area contributed by atoms with Crippen LogP contribution in [0.1, 0.15) is 51.4 Å². The zero-order valence-corrected chi connectivity index (χ0v) is 14.4. The maximum atomic E-state index is 12.8. The first-order valence-electron chi connectivity index (χ1n) is 7.57. The number of nitrogens with zero attached hydrogens (tertiary/aromatic N) is 2. The Balaban J connectivity index is 3.02. The average molecular weight is 312 g/mol. The number of nitrogens with one attached hydrogen (secondary N) is 1. The summed E-state index contributed by atoms with van der Waals surface area (Å²) in [6.07, 6.45) is 2.54. The van der Waals surface area contributed by atoms with Gasteiger partial charge in [-0.1, -0.05) is 32.4 Å². The molecule has 4 nitrogen and oxygen atoms in total. The van der Waals surface area contributed by atoms with Crippen LogP contribution in [0.15, 0.2) is 12.3 Å². The lowest BCUT2D eigenvalue weighted by Crippen LogP contribution is -2.39. The highest BCUT2D eigenvalue weighted by atomic mass is 35.5. The van der Waals surface area contributed by atoms with Gasteiger partial charge in [-0.3, -0.25) is 4.79 Å². The van der Waals surface area contributed by atoms with Crippen molar-refractivity contribution in [1.82, 2.24) is 9.88 Å². The van der Waals surface area contributed by atoms with Crippen molar-refractivity contribution in [1.29, 1.82) is 0 Å². The molecule has 1 aromatic rings. The van der Waals surface area contributed by atoms with E-state index in [1.54, 1.807) is 12.3 Å². The molecule has 0 spiro atoms. The molecular weight excluding hydrogens is 286 g/mol. The van der Waals surface area contributed by atoms with Crippen LogP contribution in [0.4, 0.5) is 5.82 Å². The van der Waals surface area contributed by atoms with Crippen molar-refractivity contribution >= 4 is 23.3 Å². The monoisotopic (exact) mass is 311 g/mol. The van der Waals surface area contributed by atoms with E-state index in [-0.39, 0.29) is 11.9 Å². The number of carbonyl (C=O) groups is 1. The predicted octanol–water partition coefficient (Wildman–Crippen LogP) is 4.06. The summed E-state index contributed by atoms with van der Waals surface area (Å²) >= 11 is 6.17. The molecule has 0 saturated carbocycles. The zero-order chi connectivity index (χ0) is 16.0. The molecule has 5 heteroatoms. The second-order valence-electron chi connectivity index (χ2n) is 5.92. The molecule has 1 amide bonds. The minimum atomic E-state index is -0.0364. The fourth-order valence-electron chi connectivity index (χ4n) is 2.03. The van der Waals surface area contributed by atoms with Crippen molar-refractivity contribution in [2.75, 3.05) is 18.4 Å². The van der Waals surface area contributed by atoms with E-state index in [1.807, 2.05) is 18.7 Å². The SMILES string of the molecule is CCCNc1cc(C(=O)N(CC(C)C)C(C)C)c(Cl)cn1. The van der Waals surface area contributed by atoms with Gasteiger partial charge in [-0.05, 0) is 32.3 Å². The number of halogens is 1. The fourth-order valence-corrected chi connectivity index (χ4v) is 2.21. The van der Waals surface area contributed by atoms with Gasteiger partial charge >= 0.3 is 0 Å². The summed E-state index contributed by atoms with van der Waals surface area (Å²) in [5, 5.41) is 3.58. The van der Waals surface area contributed by atoms with Crippen LogP contribution in [-0.4, -0.2) is 34.9 Å². The number of rotatable bonds is 7. The van der Waals surface area contributed by atoms with Crippen LogP contribution in [0.25, 0.3) is 0 Å². The number of pyridine rings is 1. The second kappa shape index (κ2) is 8.23. The Hall–Kier alpha value is -1.29. The van der Waals surface area contributed by atoms with Crippen LogP contribution in [0.2, 0.25) is 5.02 Å². The third-order valence-corrected chi connectivity index (χ3v) is 3.39. The third-order valence-electron chi connectivity index (χ3n) is 3.09. The van der Waals surface area contributed by atoms with E-state index in [9.17, 15) is 4.79 Å². The van der Waals surface area contributed by atoms with Crippen molar-refractivity contribution in [2.24, 2.45) is 5.92 Å². The number of carbonyl (C=O) groups excluding carboxylic acids is 1. The van der Waals surface area contributed by atoms with E-state index in [0.717, 1.165) is 13.0 Å². The summed E-state index contributed by atoms with van der Waals surface area (Å²) in [7, 11) is 0. The van der Waals surface area contributed by atoms with E-state index in [1.165, 1.54) is 0 Å².